The van der Waals surface area contributed by atoms with Crippen molar-refractivity contribution in [2.24, 2.45) is 5.92 Å². The third-order valence-corrected chi connectivity index (χ3v) is 9.78. The van der Waals surface area contributed by atoms with E-state index in [1.807, 2.05) is 36.5 Å². The Balaban J connectivity index is 1.02. The molecular formula is C36H35N9O. The second-order valence-corrected chi connectivity index (χ2v) is 12.6. The van der Waals surface area contributed by atoms with Crippen molar-refractivity contribution in [1.82, 2.24) is 39.5 Å². The predicted molar refractivity (Wildman–Crippen MR) is 177 cm³/mol. The number of aromatic nitrogens is 6. The number of likely N-dealkylation sites (tertiary alicyclic amines) is 1. The largest absolute Gasteiger partial charge is 0.383 e. The van der Waals surface area contributed by atoms with Gasteiger partial charge in [-0.1, -0.05) is 36.4 Å². The molecule has 9 rings (SSSR count). The molecule has 6 aromatic rings. The fraction of sp³-hybridized carbons (Fsp3) is 0.278. The summed E-state index contributed by atoms with van der Waals surface area (Å²) in [4.78, 5) is 16.9. The van der Waals surface area contributed by atoms with Gasteiger partial charge in [-0.15, -0.1) is 0 Å². The molecule has 3 N–H and O–H groups in total. The number of anilines is 1. The second-order valence-electron chi connectivity index (χ2n) is 12.6. The Labute approximate surface area is 266 Å². The molecule has 2 saturated heterocycles. The Morgan fingerprint density at radius 1 is 0.935 bits per heavy atom. The number of hydrogen-bond acceptors (Lipinski definition) is 8. The van der Waals surface area contributed by atoms with E-state index < -0.39 is 0 Å². The van der Waals surface area contributed by atoms with Crippen molar-refractivity contribution in [2.45, 2.75) is 37.6 Å². The summed E-state index contributed by atoms with van der Waals surface area (Å²) in [5.41, 5.74) is 13.8. The number of nitrogens with one attached hydrogen (secondary N) is 1. The van der Waals surface area contributed by atoms with Crippen molar-refractivity contribution >= 4 is 17.0 Å². The van der Waals surface area contributed by atoms with Gasteiger partial charge in [0.25, 0.3) is 0 Å². The molecule has 0 amide bonds. The number of ether oxygens (including phenoxy) is 1. The molecule has 0 saturated carbocycles. The summed E-state index contributed by atoms with van der Waals surface area (Å²) in [5, 5.41) is 8.45. The van der Waals surface area contributed by atoms with Crippen LogP contribution in [0.25, 0.3) is 34.1 Å². The minimum absolute atomic E-state index is 0.214. The summed E-state index contributed by atoms with van der Waals surface area (Å²) < 4.78 is 10.2. The first-order valence-electron chi connectivity index (χ1n) is 16.1. The minimum atomic E-state index is 0.214. The van der Waals surface area contributed by atoms with Crippen LogP contribution in [-0.4, -0.2) is 66.0 Å². The van der Waals surface area contributed by atoms with Crippen molar-refractivity contribution in [3.8, 4) is 22.9 Å². The van der Waals surface area contributed by atoms with Crippen molar-refractivity contribution < 1.29 is 4.74 Å². The molecule has 10 heteroatoms. The number of nitrogen functional groups attached to an aromatic ring is 1. The quantitative estimate of drug-likeness (QED) is 0.267. The molecule has 2 fully saturated rings. The minimum Gasteiger partial charge on any atom is -0.383 e. The van der Waals surface area contributed by atoms with Gasteiger partial charge in [0.2, 0.25) is 0 Å². The molecule has 2 bridgehead atoms. The summed E-state index contributed by atoms with van der Waals surface area (Å²) in [6.07, 6.45) is 7.63. The Bertz CT molecular complexity index is 2010. The van der Waals surface area contributed by atoms with Crippen LogP contribution >= 0.6 is 0 Å². The number of nitrogens with two attached hydrogens (primary N) is 1. The number of rotatable bonds is 7. The van der Waals surface area contributed by atoms with Crippen LogP contribution < -0.4 is 11.1 Å². The van der Waals surface area contributed by atoms with E-state index in [1.165, 1.54) is 16.7 Å². The zero-order chi connectivity index (χ0) is 30.6. The number of nitrogens with zero attached hydrogens (tertiary/aromatic N) is 7. The molecule has 46 heavy (non-hydrogen) atoms. The van der Waals surface area contributed by atoms with Crippen LogP contribution in [0.4, 0.5) is 5.82 Å². The second kappa shape index (κ2) is 11.2. The third kappa shape index (κ3) is 4.77. The van der Waals surface area contributed by atoms with Gasteiger partial charge in [0.1, 0.15) is 11.3 Å². The number of benzene rings is 2. The normalized spacial score (nSPS) is 22.4. The number of hydrogen-bond donors (Lipinski definition) is 2. The Morgan fingerprint density at radius 3 is 2.72 bits per heavy atom. The molecule has 4 atom stereocenters. The standard InChI is InChI=1S/C36H35N9O/c37-34-28(8-4-15-38-34)35-41-30-13-14-32(44-17-5-16-39-44)42-36(30)45(35)26-10-11-27-24(18-26)9-12-29(27)40-33-25-20-43(21-31(33)46-22-25)19-23-6-2-1-3-7-23/h1-8,10-11,13-18,25,29,31,33,40H,9,12,19-22H2,(H2,37,38)/t25?,29-,31?,33?/m0/s1. The maximum atomic E-state index is 6.38. The fourth-order valence-corrected chi connectivity index (χ4v) is 7.62. The van der Waals surface area contributed by atoms with Gasteiger partial charge >= 0.3 is 0 Å². The van der Waals surface area contributed by atoms with Crippen LogP contribution in [0.3, 0.4) is 0 Å². The number of fused-ring (bicyclic) bond motifs is 4. The van der Waals surface area contributed by atoms with E-state index >= 15 is 0 Å². The summed E-state index contributed by atoms with van der Waals surface area (Å²) in [7, 11) is 0. The van der Waals surface area contributed by atoms with Crippen molar-refractivity contribution in [3.63, 3.8) is 0 Å². The van der Waals surface area contributed by atoms with Gasteiger partial charge < -0.3 is 15.8 Å². The lowest BCUT2D eigenvalue weighted by Gasteiger charge is -2.38. The highest BCUT2D eigenvalue weighted by atomic mass is 16.5. The Morgan fingerprint density at radius 2 is 1.87 bits per heavy atom. The van der Waals surface area contributed by atoms with Gasteiger partial charge in [0.05, 0.1) is 18.3 Å². The molecule has 230 valence electrons. The van der Waals surface area contributed by atoms with Gasteiger partial charge in [0.15, 0.2) is 17.3 Å². The molecule has 0 radical (unpaired) electrons. The molecule has 4 aromatic heterocycles. The lowest BCUT2D eigenvalue weighted by atomic mass is 9.91. The van der Waals surface area contributed by atoms with Gasteiger partial charge in [-0.25, -0.2) is 19.6 Å². The van der Waals surface area contributed by atoms with Crippen molar-refractivity contribution in [1.29, 1.82) is 0 Å². The van der Waals surface area contributed by atoms with Gasteiger partial charge in [-0.3, -0.25) is 9.47 Å². The van der Waals surface area contributed by atoms with E-state index in [4.69, 9.17) is 20.4 Å². The molecule has 10 nitrogen and oxygen atoms in total. The first kappa shape index (κ1) is 27.4. The third-order valence-electron chi connectivity index (χ3n) is 9.78. The van der Waals surface area contributed by atoms with E-state index in [2.05, 4.69) is 73.4 Å². The van der Waals surface area contributed by atoms with E-state index in [0.29, 0.717) is 29.6 Å². The topological polar surface area (TPSA) is 112 Å². The van der Waals surface area contributed by atoms with Crippen LogP contribution in [-0.2, 0) is 17.7 Å². The van der Waals surface area contributed by atoms with E-state index in [1.54, 1.807) is 17.1 Å². The lowest BCUT2D eigenvalue weighted by Crippen LogP contribution is -2.54. The summed E-state index contributed by atoms with van der Waals surface area (Å²) in [5.74, 6) is 2.37. The average molecular weight is 610 g/mol. The molecule has 3 aliphatic rings. The van der Waals surface area contributed by atoms with Crippen LogP contribution in [0.5, 0.6) is 0 Å². The van der Waals surface area contributed by atoms with E-state index in [-0.39, 0.29) is 6.10 Å². The Kier molecular flexibility index (Phi) is 6.65. The first-order chi connectivity index (χ1) is 22.7. The highest BCUT2D eigenvalue weighted by Gasteiger charge is 2.44. The molecule has 2 aromatic carbocycles. The highest BCUT2D eigenvalue weighted by Crippen LogP contribution is 2.38. The fourth-order valence-electron chi connectivity index (χ4n) is 7.62. The van der Waals surface area contributed by atoms with E-state index in [9.17, 15) is 0 Å². The van der Waals surface area contributed by atoms with Crippen molar-refractivity contribution in [3.05, 3.63) is 114 Å². The van der Waals surface area contributed by atoms with Crippen LogP contribution in [0, 0.1) is 5.92 Å². The van der Waals surface area contributed by atoms with Crippen LogP contribution in [0.1, 0.15) is 29.2 Å². The maximum absolute atomic E-state index is 6.38. The van der Waals surface area contributed by atoms with Crippen molar-refractivity contribution in [2.75, 3.05) is 25.4 Å². The summed E-state index contributed by atoms with van der Waals surface area (Å²) >= 11 is 0. The number of pyridine rings is 2. The first-order valence-corrected chi connectivity index (χ1v) is 16.1. The average Bonchev–Trinajstić information content (AvgIpc) is 3.87. The maximum Gasteiger partial charge on any atom is 0.167 e. The van der Waals surface area contributed by atoms with Gasteiger partial charge in [0, 0.05) is 61.9 Å². The predicted octanol–water partition coefficient (Wildman–Crippen LogP) is 4.73. The molecular weight excluding hydrogens is 574 g/mol. The van der Waals surface area contributed by atoms with Gasteiger partial charge in [-0.05, 0) is 72.0 Å². The molecule has 6 heterocycles. The lowest BCUT2D eigenvalue weighted by molar-refractivity contribution is 0.0578. The summed E-state index contributed by atoms with van der Waals surface area (Å²) in [6.45, 7) is 3.83. The Hall–Kier alpha value is -4.90. The zero-order valence-corrected chi connectivity index (χ0v) is 25.4. The highest BCUT2D eigenvalue weighted by molar-refractivity contribution is 5.83. The van der Waals surface area contributed by atoms with Crippen LogP contribution in [0.15, 0.2) is 97.5 Å². The molecule has 1 aliphatic carbocycles. The number of piperidine rings is 1. The van der Waals surface area contributed by atoms with Crippen LogP contribution in [0.2, 0.25) is 0 Å². The number of aryl methyl sites for hydroxylation is 1. The SMILES string of the molecule is Nc1ncccc1-c1nc2ccc(-n3cccn3)nc2n1-c1ccc2c(c1)CC[C@@H]2NC1C2COC1CN(Cc1ccccc1)C2. The summed E-state index contributed by atoms with van der Waals surface area (Å²) in [6, 6.07) is 27.9. The molecule has 0 spiro atoms. The number of imidazole rings is 1. The molecule has 3 unspecified atom stereocenters. The zero-order valence-electron chi connectivity index (χ0n) is 25.4. The monoisotopic (exact) mass is 609 g/mol. The molecule has 2 aliphatic heterocycles. The van der Waals surface area contributed by atoms with Gasteiger partial charge in [-0.2, -0.15) is 5.10 Å². The van der Waals surface area contributed by atoms with E-state index in [0.717, 1.165) is 67.3 Å². The smallest absolute Gasteiger partial charge is 0.167 e.